The van der Waals surface area contributed by atoms with Crippen LogP contribution in [-0.4, -0.2) is 39.3 Å². The van der Waals surface area contributed by atoms with E-state index >= 15 is 0 Å². The Morgan fingerprint density at radius 2 is 2.42 bits per heavy atom. The second kappa shape index (κ2) is 2.71. The van der Waals surface area contributed by atoms with Crippen LogP contribution in [-0.2, 0) is 7.05 Å². The van der Waals surface area contributed by atoms with Gasteiger partial charge in [0.05, 0.1) is 0 Å². The first kappa shape index (κ1) is 7.48. The number of tetrazole rings is 1. The molecule has 1 aliphatic rings. The van der Waals surface area contributed by atoms with Gasteiger partial charge in [0, 0.05) is 26.2 Å². The molecular formula is C6H12N6. The highest BCUT2D eigenvalue weighted by molar-refractivity contribution is 5.30. The third kappa shape index (κ3) is 1.14. The molecule has 1 aromatic heterocycles. The highest BCUT2D eigenvalue weighted by Crippen LogP contribution is 2.14. The zero-order valence-corrected chi connectivity index (χ0v) is 7.01. The van der Waals surface area contributed by atoms with Crippen molar-refractivity contribution in [1.82, 2.24) is 20.2 Å². The van der Waals surface area contributed by atoms with E-state index in [1.54, 1.807) is 4.68 Å². The number of nitrogens with two attached hydrogens (primary N) is 1. The Hall–Kier alpha value is -1.17. The topological polar surface area (TPSA) is 72.9 Å². The van der Waals surface area contributed by atoms with Crippen LogP contribution in [0.5, 0.6) is 0 Å². The molecule has 12 heavy (non-hydrogen) atoms. The quantitative estimate of drug-likeness (QED) is 0.567. The van der Waals surface area contributed by atoms with Crippen molar-refractivity contribution >= 4 is 5.95 Å². The number of aryl methyl sites for hydroxylation is 1. The molecule has 0 spiro atoms. The third-order valence-corrected chi connectivity index (χ3v) is 2.11. The molecule has 0 aromatic carbocycles. The summed E-state index contributed by atoms with van der Waals surface area (Å²) < 4.78 is 1.66. The maximum absolute atomic E-state index is 5.76. The summed E-state index contributed by atoms with van der Waals surface area (Å²) in [6, 6.07) is 0.265. The summed E-state index contributed by atoms with van der Waals surface area (Å²) in [7, 11) is 1.83. The molecule has 2 heterocycles. The van der Waals surface area contributed by atoms with Gasteiger partial charge in [-0.3, -0.25) is 0 Å². The van der Waals surface area contributed by atoms with Crippen molar-refractivity contribution in [3.05, 3.63) is 0 Å². The van der Waals surface area contributed by atoms with Gasteiger partial charge in [-0.2, -0.15) is 0 Å². The van der Waals surface area contributed by atoms with Crippen LogP contribution in [0.25, 0.3) is 0 Å². The molecule has 66 valence electrons. The van der Waals surface area contributed by atoms with Gasteiger partial charge in [-0.05, 0) is 16.8 Å². The standard InChI is InChI=1S/C6H12N6/c1-11-6(8-9-10-11)12-3-2-5(7)4-12/h5H,2-4,7H2,1H3/t5-/m1/s1. The fraction of sp³-hybridized carbons (Fsp3) is 0.833. The molecule has 0 radical (unpaired) electrons. The summed E-state index contributed by atoms with van der Waals surface area (Å²) in [6.45, 7) is 1.81. The summed E-state index contributed by atoms with van der Waals surface area (Å²) in [5, 5.41) is 11.2. The van der Waals surface area contributed by atoms with Crippen LogP contribution in [0.2, 0.25) is 0 Å². The van der Waals surface area contributed by atoms with Crippen LogP contribution in [0.15, 0.2) is 0 Å². The SMILES string of the molecule is Cn1nnnc1N1CC[C@@H](N)C1. The predicted molar refractivity (Wildman–Crippen MR) is 43.6 cm³/mol. The molecule has 0 saturated carbocycles. The minimum atomic E-state index is 0.265. The van der Waals surface area contributed by atoms with Gasteiger partial charge >= 0.3 is 0 Å². The smallest absolute Gasteiger partial charge is 0.245 e. The molecule has 0 unspecified atom stereocenters. The van der Waals surface area contributed by atoms with E-state index in [0.717, 1.165) is 25.5 Å². The van der Waals surface area contributed by atoms with Gasteiger partial charge in [-0.15, -0.1) is 0 Å². The van der Waals surface area contributed by atoms with Crippen LogP contribution < -0.4 is 10.6 Å². The van der Waals surface area contributed by atoms with Crippen LogP contribution in [0, 0.1) is 0 Å². The molecule has 0 amide bonds. The van der Waals surface area contributed by atoms with Crippen LogP contribution >= 0.6 is 0 Å². The van der Waals surface area contributed by atoms with Gasteiger partial charge in [-0.1, -0.05) is 5.10 Å². The molecule has 1 aliphatic heterocycles. The molecule has 1 atom stereocenters. The number of anilines is 1. The second-order valence-corrected chi connectivity index (χ2v) is 3.10. The zero-order chi connectivity index (χ0) is 8.55. The number of hydrogen-bond acceptors (Lipinski definition) is 5. The Balaban J connectivity index is 2.16. The molecule has 2 rings (SSSR count). The van der Waals surface area contributed by atoms with Crippen molar-refractivity contribution in [3.8, 4) is 0 Å². The lowest BCUT2D eigenvalue weighted by Crippen LogP contribution is -2.28. The zero-order valence-electron chi connectivity index (χ0n) is 7.01. The second-order valence-electron chi connectivity index (χ2n) is 3.10. The van der Waals surface area contributed by atoms with E-state index in [1.165, 1.54) is 0 Å². The molecule has 0 aliphatic carbocycles. The lowest BCUT2D eigenvalue weighted by Gasteiger charge is -2.13. The van der Waals surface area contributed by atoms with Gasteiger partial charge in [0.15, 0.2) is 0 Å². The summed E-state index contributed by atoms with van der Waals surface area (Å²) >= 11 is 0. The first-order chi connectivity index (χ1) is 5.77. The fourth-order valence-corrected chi connectivity index (χ4v) is 1.46. The van der Waals surface area contributed by atoms with Gasteiger partial charge in [0.25, 0.3) is 0 Å². The molecule has 1 saturated heterocycles. The van der Waals surface area contributed by atoms with E-state index in [-0.39, 0.29) is 6.04 Å². The minimum absolute atomic E-state index is 0.265. The van der Waals surface area contributed by atoms with Crippen molar-refractivity contribution in [2.75, 3.05) is 18.0 Å². The number of nitrogens with zero attached hydrogens (tertiary/aromatic N) is 5. The highest BCUT2D eigenvalue weighted by atomic mass is 15.6. The van der Waals surface area contributed by atoms with Crippen molar-refractivity contribution in [2.45, 2.75) is 12.5 Å². The lowest BCUT2D eigenvalue weighted by molar-refractivity contribution is 0.695. The van der Waals surface area contributed by atoms with Crippen LogP contribution in [0.3, 0.4) is 0 Å². The van der Waals surface area contributed by atoms with E-state index < -0.39 is 0 Å². The summed E-state index contributed by atoms with van der Waals surface area (Å²) in [4.78, 5) is 2.10. The van der Waals surface area contributed by atoms with Crippen molar-refractivity contribution < 1.29 is 0 Å². The minimum Gasteiger partial charge on any atom is -0.338 e. The Kier molecular flexibility index (Phi) is 1.69. The van der Waals surface area contributed by atoms with Gasteiger partial charge in [0.2, 0.25) is 5.95 Å². The Bertz CT molecular complexity index is 269. The molecule has 6 nitrogen and oxygen atoms in total. The normalized spacial score (nSPS) is 23.5. The van der Waals surface area contributed by atoms with Crippen molar-refractivity contribution in [1.29, 1.82) is 0 Å². The molecule has 6 heteroatoms. The Labute approximate surface area is 70.3 Å². The van der Waals surface area contributed by atoms with Gasteiger partial charge in [-0.25, -0.2) is 4.68 Å². The molecular weight excluding hydrogens is 156 g/mol. The van der Waals surface area contributed by atoms with Crippen LogP contribution in [0.4, 0.5) is 5.95 Å². The van der Waals surface area contributed by atoms with E-state index in [1.807, 2.05) is 7.05 Å². The largest absolute Gasteiger partial charge is 0.338 e. The average Bonchev–Trinajstić information content (AvgIpc) is 2.58. The summed E-state index contributed by atoms with van der Waals surface area (Å²) in [5.41, 5.74) is 5.76. The van der Waals surface area contributed by atoms with Crippen LogP contribution in [0.1, 0.15) is 6.42 Å². The van der Waals surface area contributed by atoms with Gasteiger partial charge in [0.1, 0.15) is 0 Å². The average molecular weight is 168 g/mol. The Morgan fingerprint density at radius 1 is 1.58 bits per heavy atom. The summed E-state index contributed by atoms with van der Waals surface area (Å²) in [6.07, 6.45) is 1.02. The van der Waals surface area contributed by atoms with E-state index in [4.69, 9.17) is 5.73 Å². The fourth-order valence-electron chi connectivity index (χ4n) is 1.46. The first-order valence-electron chi connectivity index (χ1n) is 4.00. The molecule has 0 bridgehead atoms. The number of hydrogen-bond donors (Lipinski definition) is 1. The van der Waals surface area contributed by atoms with E-state index in [9.17, 15) is 0 Å². The third-order valence-electron chi connectivity index (χ3n) is 2.11. The maximum Gasteiger partial charge on any atom is 0.245 e. The monoisotopic (exact) mass is 168 g/mol. The number of rotatable bonds is 1. The molecule has 1 fully saturated rings. The first-order valence-corrected chi connectivity index (χ1v) is 4.00. The highest BCUT2D eigenvalue weighted by Gasteiger charge is 2.22. The predicted octanol–water partition coefficient (Wildman–Crippen LogP) is -1.25. The molecule has 2 N–H and O–H groups in total. The molecule has 1 aromatic rings. The van der Waals surface area contributed by atoms with Crippen molar-refractivity contribution in [2.24, 2.45) is 12.8 Å². The summed E-state index contributed by atoms with van der Waals surface area (Å²) in [5.74, 6) is 0.808. The Morgan fingerprint density at radius 3 is 2.92 bits per heavy atom. The van der Waals surface area contributed by atoms with Gasteiger partial charge < -0.3 is 10.6 Å². The van der Waals surface area contributed by atoms with E-state index in [2.05, 4.69) is 20.4 Å². The number of aromatic nitrogens is 4. The maximum atomic E-state index is 5.76. The lowest BCUT2D eigenvalue weighted by atomic mass is 10.3. The van der Waals surface area contributed by atoms with E-state index in [0.29, 0.717) is 0 Å². The van der Waals surface area contributed by atoms with Crippen molar-refractivity contribution in [3.63, 3.8) is 0 Å².